The first-order valence-corrected chi connectivity index (χ1v) is 7.27. The second-order valence-electron chi connectivity index (χ2n) is 5.50. The molecule has 6 nitrogen and oxygen atoms in total. The summed E-state index contributed by atoms with van der Waals surface area (Å²) in [7, 11) is 1.31. The summed E-state index contributed by atoms with van der Waals surface area (Å²) in [5.41, 5.74) is 0.402. The highest BCUT2D eigenvalue weighted by Gasteiger charge is 2.29. The number of esters is 1. The third-order valence-corrected chi connectivity index (χ3v) is 3.43. The lowest BCUT2D eigenvalue weighted by atomic mass is 9.91. The Balaban J connectivity index is 3.01. The fourth-order valence-electron chi connectivity index (χ4n) is 1.71. The predicted molar refractivity (Wildman–Crippen MR) is 76.8 cm³/mol. The minimum atomic E-state index is -0.429. The maximum absolute atomic E-state index is 12.6. The van der Waals surface area contributed by atoms with Crippen LogP contribution >= 0.6 is 11.5 Å². The molecular formula is C13H21N3O3S. The summed E-state index contributed by atoms with van der Waals surface area (Å²) in [5, 5.41) is 4.06. The number of carbonyl (C=O) groups is 2. The number of aromatic nitrogens is 2. The van der Waals surface area contributed by atoms with Gasteiger partial charge in [-0.15, -0.1) is 5.10 Å². The van der Waals surface area contributed by atoms with E-state index in [1.807, 2.05) is 27.7 Å². The standard InChI is InChI=1S/C13H21N3O3S/c1-6-7-16(8-9(17)19-5)12(18)10-11(13(2,3)4)14-15-20-10/h6-8H2,1-5H3. The highest BCUT2D eigenvalue weighted by molar-refractivity contribution is 7.08. The molecule has 1 rings (SSSR count). The number of hydrogen-bond acceptors (Lipinski definition) is 6. The molecule has 0 saturated carbocycles. The molecule has 0 radical (unpaired) electrons. The molecule has 0 aliphatic heterocycles. The fraction of sp³-hybridized carbons (Fsp3) is 0.692. The Kier molecular flexibility index (Phi) is 5.62. The Morgan fingerprint density at radius 3 is 2.50 bits per heavy atom. The maximum atomic E-state index is 12.6. The molecule has 0 N–H and O–H groups in total. The zero-order valence-electron chi connectivity index (χ0n) is 12.6. The van der Waals surface area contributed by atoms with Crippen LogP contribution in [0, 0.1) is 0 Å². The minimum Gasteiger partial charge on any atom is -0.468 e. The molecule has 0 bridgehead atoms. The summed E-state index contributed by atoms with van der Waals surface area (Å²) in [6.07, 6.45) is 0.764. The van der Waals surface area contributed by atoms with E-state index in [0.29, 0.717) is 17.1 Å². The van der Waals surface area contributed by atoms with Crippen molar-refractivity contribution >= 4 is 23.4 Å². The van der Waals surface area contributed by atoms with Crippen molar-refractivity contribution in [3.8, 4) is 0 Å². The molecule has 0 atom stereocenters. The molecule has 1 heterocycles. The van der Waals surface area contributed by atoms with E-state index in [4.69, 9.17) is 0 Å². The molecule has 20 heavy (non-hydrogen) atoms. The van der Waals surface area contributed by atoms with Crippen LogP contribution in [0.2, 0.25) is 0 Å². The van der Waals surface area contributed by atoms with Gasteiger partial charge in [0, 0.05) is 12.0 Å². The van der Waals surface area contributed by atoms with Crippen molar-refractivity contribution in [3.05, 3.63) is 10.6 Å². The lowest BCUT2D eigenvalue weighted by Gasteiger charge is -2.22. The first-order chi connectivity index (χ1) is 9.31. The molecule has 112 valence electrons. The minimum absolute atomic E-state index is 0.0509. The van der Waals surface area contributed by atoms with Gasteiger partial charge in [-0.3, -0.25) is 9.59 Å². The first kappa shape index (κ1) is 16.6. The molecule has 1 amide bonds. The highest BCUT2D eigenvalue weighted by Crippen LogP contribution is 2.26. The fourth-order valence-corrected chi connectivity index (χ4v) is 2.55. The van der Waals surface area contributed by atoms with Crippen molar-refractivity contribution in [1.29, 1.82) is 0 Å². The van der Waals surface area contributed by atoms with Gasteiger partial charge in [0.05, 0.1) is 12.8 Å². The van der Waals surface area contributed by atoms with Crippen LogP contribution in [-0.2, 0) is 14.9 Å². The Bertz CT molecular complexity index is 479. The number of rotatable bonds is 5. The van der Waals surface area contributed by atoms with Crippen LogP contribution in [0.1, 0.15) is 49.5 Å². The molecule has 0 fully saturated rings. The summed E-state index contributed by atoms with van der Waals surface area (Å²) < 4.78 is 8.51. The summed E-state index contributed by atoms with van der Waals surface area (Å²) in [6, 6.07) is 0. The van der Waals surface area contributed by atoms with E-state index in [9.17, 15) is 9.59 Å². The quantitative estimate of drug-likeness (QED) is 0.776. The third kappa shape index (κ3) is 4.00. The molecule has 0 aromatic carbocycles. The van der Waals surface area contributed by atoms with Gasteiger partial charge in [0.15, 0.2) is 0 Å². The van der Waals surface area contributed by atoms with Crippen LogP contribution in [0.15, 0.2) is 0 Å². The van der Waals surface area contributed by atoms with Gasteiger partial charge >= 0.3 is 5.97 Å². The zero-order valence-corrected chi connectivity index (χ0v) is 13.4. The molecule has 1 aromatic rings. The Morgan fingerprint density at radius 1 is 1.35 bits per heavy atom. The van der Waals surface area contributed by atoms with E-state index in [2.05, 4.69) is 14.3 Å². The average Bonchev–Trinajstić information content (AvgIpc) is 2.86. The number of amides is 1. The van der Waals surface area contributed by atoms with Gasteiger partial charge in [-0.05, 0) is 18.0 Å². The average molecular weight is 299 g/mol. The van der Waals surface area contributed by atoms with Gasteiger partial charge in [-0.25, -0.2) is 0 Å². The number of nitrogens with zero attached hydrogens (tertiary/aromatic N) is 3. The van der Waals surface area contributed by atoms with Crippen molar-refractivity contribution in [2.75, 3.05) is 20.2 Å². The van der Waals surface area contributed by atoms with Crippen LogP contribution in [0.4, 0.5) is 0 Å². The lowest BCUT2D eigenvalue weighted by Crippen LogP contribution is -2.37. The summed E-state index contributed by atoms with van der Waals surface area (Å²) >= 11 is 1.07. The van der Waals surface area contributed by atoms with E-state index >= 15 is 0 Å². The molecule has 0 aliphatic rings. The van der Waals surface area contributed by atoms with Crippen molar-refractivity contribution < 1.29 is 14.3 Å². The second kappa shape index (κ2) is 6.78. The van der Waals surface area contributed by atoms with Crippen LogP contribution in [0.3, 0.4) is 0 Å². The van der Waals surface area contributed by atoms with E-state index in [0.717, 1.165) is 18.0 Å². The summed E-state index contributed by atoms with van der Waals surface area (Å²) in [4.78, 5) is 25.9. The van der Waals surface area contributed by atoms with E-state index in [1.54, 1.807) is 0 Å². The largest absolute Gasteiger partial charge is 0.468 e. The van der Waals surface area contributed by atoms with Gasteiger partial charge < -0.3 is 9.64 Å². The summed E-state index contributed by atoms with van der Waals surface area (Å²) in [5.74, 6) is -0.640. The topological polar surface area (TPSA) is 72.4 Å². The van der Waals surface area contributed by atoms with Crippen LogP contribution in [0.5, 0.6) is 0 Å². The Morgan fingerprint density at radius 2 is 2.00 bits per heavy atom. The van der Waals surface area contributed by atoms with Crippen molar-refractivity contribution in [2.45, 2.75) is 39.5 Å². The molecule has 0 spiro atoms. The van der Waals surface area contributed by atoms with Gasteiger partial charge in [0.2, 0.25) is 0 Å². The van der Waals surface area contributed by atoms with Crippen molar-refractivity contribution in [1.82, 2.24) is 14.5 Å². The number of ether oxygens (including phenoxy) is 1. The van der Waals surface area contributed by atoms with Crippen molar-refractivity contribution in [2.24, 2.45) is 0 Å². The molecule has 7 heteroatoms. The zero-order chi connectivity index (χ0) is 15.3. The van der Waals surface area contributed by atoms with Gasteiger partial charge in [-0.1, -0.05) is 32.2 Å². The van der Waals surface area contributed by atoms with Gasteiger partial charge in [0.25, 0.3) is 5.91 Å². The second-order valence-corrected chi connectivity index (χ2v) is 6.26. The molecule has 0 unspecified atom stereocenters. The van der Waals surface area contributed by atoms with E-state index in [1.165, 1.54) is 12.0 Å². The van der Waals surface area contributed by atoms with E-state index < -0.39 is 5.97 Å². The third-order valence-electron chi connectivity index (χ3n) is 2.72. The SMILES string of the molecule is CCCN(CC(=O)OC)C(=O)c1snnc1C(C)(C)C. The summed E-state index contributed by atoms with van der Waals surface area (Å²) in [6.45, 7) is 8.33. The number of methoxy groups -OCH3 is 1. The number of hydrogen-bond donors (Lipinski definition) is 0. The van der Waals surface area contributed by atoms with Crippen LogP contribution in [-0.4, -0.2) is 46.6 Å². The first-order valence-electron chi connectivity index (χ1n) is 6.50. The molecule has 0 aliphatic carbocycles. The lowest BCUT2D eigenvalue weighted by molar-refractivity contribution is -0.141. The van der Waals surface area contributed by atoms with Gasteiger partial charge in [-0.2, -0.15) is 0 Å². The molecule has 1 aromatic heterocycles. The van der Waals surface area contributed by atoms with E-state index in [-0.39, 0.29) is 17.9 Å². The molecular weight excluding hydrogens is 278 g/mol. The predicted octanol–water partition coefficient (Wildman–Crippen LogP) is 1.86. The maximum Gasteiger partial charge on any atom is 0.325 e. The highest BCUT2D eigenvalue weighted by atomic mass is 32.1. The molecule has 0 saturated heterocycles. The normalized spacial score (nSPS) is 11.2. The number of carbonyl (C=O) groups excluding carboxylic acids is 2. The monoisotopic (exact) mass is 299 g/mol. The van der Waals surface area contributed by atoms with Crippen LogP contribution in [0.25, 0.3) is 0 Å². The van der Waals surface area contributed by atoms with Crippen molar-refractivity contribution in [3.63, 3.8) is 0 Å². The Hall–Kier alpha value is -1.50. The Labute approximate surface area is 123 Å². The smallest absolute Gasteiger partial charge is 0.325 e. The van der Waals surface area contributed by atoms with Gasteiger partial charge in [0.1, 0.15) is 11.4 Å². The van der Waals surface area contributed by atoms with Crippen LogP contribution < -0.4 is 0 Å².